The number of hydrogen-bond acceptors (Lipinski definition) is 7. The first-order valence-electron chi connectivity index (χ1n) is 8.46. The number of carbonyl (C=O) groups is 2. The molecule has 0 saturated carbocycles. The second kappa shape index (κ2) is 10.3. The molecule has 0 aliphatic heterocycles. The summed E-state index contributed by atoms with van der Waals surface area (Å²) in [5.74, 6) is 0.0343. The number of thiazole rings is 1. The maximum atomic E-state index is 12.5. The van der Waals surface area contributed by atoms with Gasteiger partial charge in [0.2, 0.25) is 0 Å². The van der Waals surface area contributed by atoms with Crippen LogP contribution < -0.4 is 10.1 Å². The molecule has 1 aromatic heterocycles. The molecule has 0 radical (unpaired) electrons. The summed E-state index contributed by atoms with van der Waals surface area (Å²) in [6.07, 6.45) is 0. The third-order valence-electron chi connectivity index (χ3n) is 3.74. The van der Waals surface area contributed by atoms with Gasteiger partial charge < -0.3 is 14.8 Å². The van der Waals surface area contributed by atoms with Gasteiger partial charge in [0.05, 0.1) is 29.6 Å². The van der Waals surface area contributed by atoms with Crippen molar-refractivity contribution < 1.29 is 19.1 Å². The number of aromatic nitrogens is 1. The summed E-state index contributed by atoms with van der Waals surface area (Å²) in [6, 6.07) is 12.0. The second-order valence-electron chi connectivity index (χ2n) is 5.73. The van der Waals surface area contributed by atoms with Gasteiger partial charge in [0.25, 0.3) is 5.91 Å². The van der Waals surface area contributed by atoms with Gasteiger partial charge in [0.1, 0.15) is 5.75 Å². The van der Waals surface area contributed by atoms with Gasteiger partial charge in [-0.1, -0.05) is 23.7 Å². The Labute approximate surface area is 181 Å². The number of thioether (sulfide) groups is 1. The lowest BCUT2D eigenvalue weighted by Crippen LogP contribution is -2.21. The molecule has 150 valence electrons. The molecule has 0 spiro atoms. The number of hydrogen-bond donors (Lipinski definition) is 1. The summed E-state index contributed by atoms with van der Waals surface area (Å²) in [6.45, 7) is -0.431. The first-order chi connectivity index (χ1) is 14.1. The molecule has 0 aliphatic carbocycles. The van der Waals surface area contributed by atoms with Crippen LogP contribution in [-0.2, 0) is 15.3 Å². The molecule has 1 amide bonds. The van der Waals surface area contributed by atoms with E-state index in [0.717, 1.165) is 10.6 Å². The summed E-state index contributed by atoms with van der Waals surface area (Å²) in [7, 11) is 1.49. The van der Waals surface area contributed by atoms with E-state index in [-0.39, 0.29) is 0 Å². The number of benzene rings is 2. The Bertz CT molecular complexity index is 996. The quantitative estimate of drug-likeness (QED) is 0.390. The fourth-order valence-corrected chi connectivity index (χ4v) is 4.17. The van der Waals surface area contributed by atoms with Gasteiger partial charge in [-0.15, -0.1) is 23.1 Å². The van der Waals surface area contributed by atoms with Crippen molar-refractivity contribution in [2.24, 2.45) is 0 Å². The maximum absolute atomic E-state index is 12.5. The SMILES string of the molecule is COc1ccc(Cl)cc1NC(=O)COC(=O)c1ccccc1SCc1cscn1. The first-order valence-corrected chi connectivity index (χ1v) is 10.8. The zero-order valence-corrected chi connectivity index (χ0v) is 17.8. The predicted octanol–water partition coefficient (Wildman–Crippen LogP) is 4.89. The lowest BCUT2D eigenvalue weighted by Gasteiger charge is -2.11. The van der Waals surface area contributed by atoms with Crippen molar-refractivity contribution in [2.45, 2.75) is 10.6 Å². The van der Waals surface area contributed by atoms with E-state index in [2.05, 4.69) is 10.3 Å². The number of halogens is 1. The van der Waals surface area contributed by atoms with E-state index in [1.165, 1.54) is 30.2 Å². The average molecular weight is 449 g/mol. The van der Waals surface area contributed by atoms with Crippen LogP contribution in [0.4, 0.5) is 5.69 Å². The van der Waals surface area contributed by atoms with Crippen LogP contribution in [0, 0.1) is 0 Å². The molecule has 9 heteroatoms. The van der Waals surface area contributed by atoms with Gasteiger partial charge in [0, 0.05) is 21.1 Å². The third kappa shape index (κ3) is 5.96. The van der Waals surface area contributed by atoms with E-state index in [4.69, 9.17) is 21.1 Å². The number of carbonyl (C=O) groups excluding carboxylic acids is 2. The Morgan fingerprint density at radius 3 is 2.83 bits per heavy atom. The molecule has 0 atom stereocenters. The third-order valence-corrected chi connectivity index (χ3v) is 5.71. The first kappa shape index (κ1) is 21.2. The Morgan fingerprint density at radius 2 is 2.07 bits per heavy atom. The Kier molecular flexibility index (Phi) is 7.51. The van der Waals surface area contributed by atoms with Gasteiger partial charge in [-0.2, -0.15) is 0 Å². The molecule has 1 N–H and O–H groups in total. The Hall–Kier alpha value is -2.55. The lowest BCUT2D eigenvalue weighted by molar-refractivity contribution is -0.119. The molecule has 3 rings (SSSR count). The summed E-state index contributed by atoms with van der Waals surface area (Å²) in [5.41, 5.74) is 3.52. The zero-order valence-electron chi connectivity index (χ0n) is 15.4. The number of nitrogens with one attached hydrogen (secondary N) is 1. The fourth-order valence-electron chi connectivity index (χ4n) is 2.39. The monoisotopic (exact) mass is 448 g/mol. The standard InChI is InChI=1S/C20H17ClN2O4S2/c1-26-17-7-6-13(21)8-16(17)23-19(24)9-27-20(25)15-4-2-3-5-18(15)29-11-14-10-28-12-22-14/h2-8,10,12H,9,11H2,1H3,(H,23,24). The van der Waals surface area contributed by atoms with Gasteiger partial charge in [0.15, 0.2) is 6.61 Å². The molecule has 1 heterocycles. The summed E-state index contributed by atoms with van der Waals surface area (Å²) in [4.78, 5) is 29.7. The largest absolute Gasteiger partial charge is 0.495 e. The topological polar surface area (TPSA) is 77.5 Å². The molecule has 0 aliphatic rings. The highest BCUT2D eigenvalue weighted by molar-refractivity contribution is 7.98. The van der Waals surface area contributed by atoms with Crippen molar-refractivity contribution in [1.82, 2.24) is 4.98 Å². The summed E-state index contributed by atoms with van der Waals surface area (Å²) < 4.78 is 10.4. The molecule has 0 bridgehead atoms. The molecule has 3 aromatic rings. The van der Waals surface area contributed by atoms with E-state index >= 15 is 0 Å². The van der Waals surface area contributed by atoms with Crippen molar-refractivity contribution in [3.8, 4) is 5.75 Å². The maximum Gasteiger partial charge on any atom is 0.339 e. The van der Waals surface area contributed by atoms with Crippen molar-refractivity contribution >= 4 is 52.3 Å². The number of amides is 1. The van der Waals surface area contributed by atoms with E-state index in [1.54, 1.807) is 35.8 Å². The van der Waals surface area contributed by atoms with Crippen LogP contribution in [0.3, 0.4) is 0 Å². The van der Waals surface area contributed by atoms with E-state index in [1.807, 2.05) is 17.5 Å². The minimum Gasteiger partial charge on any atom is -0.495 e. The average Bonchev–Trinajstić information content (AvgIpc) is 3.24. The predicted molar refractivity (Wildman–Crippen MR) is 115 cm³/mol. The normalized spacial score (nSPS) is 10.4. The van der Waals surface area contributed by atoms with E-state index in [9.17, 15) is 9.59 Å². The summed E-state index contributed by atoms with van der Waals surface area (Å²) in [5, 5.41) is 5.04. The van der Waals surface area contributed by atoms with Gasteiger partial charge in [-0.05, 0) is 30.3 Å². The Morgan fingerprint density at radius 1 is 1.24 bits per heavy atom. The van der Waals surface area contributed by atoms with Crippen LogP contribution in [0.1, 0.15) is 16.1 Å². The molecule has 0 fully saturated rings. The fraction of sp³-hybridized carbons (Fsp3) is 0.150. The van der Waals surface area contributed by atoms with Gasteiger partial charge >= 0.3 is 5.97 Å². The second-order valence-corrected chi connectivity index (χ2v) is 7.91. The zero-order chi connectivity index (χ0) is 20.6. The van der Waals surface area contributed by atoms with Crippen LogP contribution in [0.2, 0.25) is 5.02 Å². The molecule has 0 unspecified atom stereocenters. The van der Waals surface area contributed by atoms with Crippen LogP contribution >= 0.6 is 34.7 Å². The highest BCUT2D eigenvalue weighted by Gasteiger charge is 2.16. The highest BCUT2D eigenvalue weighted by atomic mass is 35.5. The van der Waals surface area contributed by atoms with E-state index in [0.29, 0.717) is 27.8 Å². The van der Waals surface area contributed by atoms with Crippen molar-refractivity contribution in [2.75, 3.05) is 19.0 Å². The number of nitrogens with zero attached hydrogens (tertiary/aromatic N) is 1. The van der Waals surface area contributed by atoms with Crippen LogP contribution in [0.15, 0.2) is 58.3 Å². The smallest absolute Gasteiger partial charge is 0.339 e. The molecule has 2 aromatic carbocycles. The Balaban J connectivity index is 1.59. The van der Waals surface area contributed by atoms with Crippen molar-refractivity contribution in [3.05, 3.63) is 69.6 Å². The van der Waals surface area contributed by atoms with Gasteiger partial charge in [-0.25, -0.2) is 9.78 Å². The van der Waals surface area contributed by atoms with Crippen molar-refractivity contribution in [1.29, 1.82) is 0 Å². The number of rotatable bonds is 8. The molecule has 29 heavy (non-hydrogen) atoms. The minimum absolute atomic E-state index is 0.403. The minimum atomic E-state index is -0.570. The van der Waals surface area contributed by atoms with Crippen LogP contribution in [0.25, 0.3) is 0 Å². The molecular weight excluding hydrogens is 432 g/mol. The number of anilines is 1. The molecule has 0 saturated heterocycles. The van der Waals surface area contributed by atoms with Crippen molar-refractivity contribution in [3.63, 3.8) is 0 Å². The van der Waals surface area contributed by atoms with Crippen LogP contribution in [-0.4, -0.2) is 30.6 Å². The highest BCUT2D eigenvalue weighted by Crippen LogP contribution is 2.28. The van der Waals surface area contributed by atoms with E-state index < -0.39 is 18.5 Å². The lowest BCUT2D eigenvalue weighted by atomic mass is 10.2. The van der Waals surface area contributed by atoms with Crippen LogP contribution in [0.5, 0.6) is 5.75 Å². The number of esters is 1. The van der Waals surface area contributed by atoms with Gasteiger partial charge in [-0.3, -0.25) is 4.79 Å². The number of ether oxygens (including phenoxy) is 2. The molecular formula is C20H17ClN2O4S2. The summed E-state index contributed by atoms with van der Waals surface area (Å²) >= 11 is 8.96. The molecule has 6 nitrogen and oxygen atoms in total. The number of methoxy groups -OCH3 is 1.